The fraction of sp³-hybridized carbons (Fsp3) is 0.625. The minimum absolute atomic E-state index is 0.531. The minimum atomic E-state index is 0.531. The first-order chi connectivity index (χ1) is 8.24. The molecule has 1 nitrogen and oxygen atoms in total. The monoisotopic (exact) mass is 231 g/mol. The van der Waals surface area contributed by atoms with Gasteiger partial charge in [-0.2, -0.15) is 0 Å². The Morgan fingerprint density at radius 3 is 2.41 bits per heavy atom. The Kier molecular flexibility index (Phi) is 4.22. The van der Waals surface area contributed by atoms with Gasteiger partial charge in [0.05, 0.1) is 0 Å². The number of rotatable bonds is 5. The molecule has 0 aliphatic heterocycles. The number of hydrogen-bond donors (Lipinski definition) is 1. The number of hydrogen-bond acceptors (Lipinski definition) is 1. The van der Waals surface area contributed by atoms with Gasteiger partial charge in [0, 0.05) is 6.04 Å². The third-order valence-electron chi connectivity index (χ3n) is 4.50. The van der Waals surface area contributed by atoms with E-state index in [1.165, 1.54) is 44.1 Å². The molecule has 1 aromatic carbocycles. The molecule has 0 heterocycles. The zero-order chi connectivity index (χ0) is 12.1. The Morgan fingerprint density at radius 2 is 1.82 bits per heavy atom. The Morgan fingerprint density at radius 1 is 1.18 bits per heavy atom. The predicted octanol–water partition coefficient (Wildman–Crippen LogP) is 3.79. The lowest BCUT2D eigenvalue weighted by Crippen LogP contribution is -2.40. The van der Waals surface area contributed by atoms with Crippen LogP contribution < -0.4 is 5.32 Å². The first kappa shape index (κ1) is 12.6. The van der Waals surface area contributed by atoms with Crippen molar-refractivity contribution in [1.29, 1.82) is 0 Å². The van der Waals surface area contributed by atoms with Crippen molar-refractivity contribution in [2.45, 2.75) is 51.5 Å². The average molecular weight is 231 g/mol. The predicted molar refractivity (Wildman–Crippen MR) is 74.2 cm³/mol. The van der Waals surface area contributed by atoms with Gasteiger partial charge >= 0.3 is 0 Å². The molecule has 1 aliphatic carbocycles. The molecule has 94 valence electrons. The topological polar surface area (TPSA) is 12.0 Å². The summed E-state index contributed by atoms with van der Waals surface area (Å²) in [5, 5.41) is 3.55. The largest absolute Gasteiger partial charge is 0.316 e. The van der Waals surface area contributed by atoms with Crippen molar-refractivity contribution in [3.05, 3.63) is 35.9 Å². The zero-order valence-electron chi connectivity index (χ0n) is 11.2. The lowest BCUT2D eigenvalue weighted by Gasteiger charge is -2.34. The summed E-state index contributed by atoms with van der Waals surface area (Å²) in [5.74, 6) is 0. The van der Waals surface area contributed by atoms with Gasteiger partial charge in [-0.15, -0.1) is 0 Å². The molecule has 0 saturated heterocycles. The van der Waals surface area contributed by atoms with Crippen LogP contribution in [0.2, 0.25) is 0 Å². The van der Waals surface area contributed by atoms with Gasteiger partial charge in [0.25, 0.3) is 0 Å². The van der Waals surface area contributed by atoms with Crippen LogP contribution in [0.5, 0.6) is 0 Å². The van der Waals surface area contributed by atoms with E-state index in [1.807, 2.05) is 0 Å². The average Bonchev–Trinajstić information content (AvgIpc) is 2.79. The van der Waals surface area contributed by atoms with Crippen LogP contribution in [0.15, 0.2) is 30.3 Å². The lowest BCUT2D eigenvalue weighted by molar-refractivity contribution is 0.220. The van der Waals surface area contributed by atoms with Crippen molar-refractivity contribution < 1.29 is 0 Å². The molecule has 1 fully saturated rings. The maximum Gasteiger partial charge on any atom is 0.0121 e. The van der Waals surface area contributed by atoms with E-state index in [4.69, 9.17) is 0 Å². The quantitative estimate of drug-likeness (QED) is 0.813. The number of benzene rings is 1. The molecule has 1 atom stereocenters. The summed E-state index contributed by atoms with van der Waals surface area (Å²) in [4.78, 5) is 0. The van der Waals surface area contributed by atoms with Gasteiger partial charge in [0.1, 0.15) is 0 Å². The molecule has 1 aliphatic rings. The maximum absolute atomic E-state index is 3.55. The Labute approximate surface area is 106 Å². The molecule has 0 aromatic heterocycles. The van der Waals surface area contributed by atoms with Gasteiger partial charge in [-0.1, -0.05) is 50.1 Å². The fourth-order valence-corrected chi connectivity index (χ4v) is 3.33. The van der Waals surface area contributed by atoms with Gasteiger partial charge in [-0.3, -0.25) is 0 Å². The van der Waals surface area contributed by atoms with Crippen LogP contribution in [0.3, 0.4) is 0 Å². The minimum Gasteiger partial charge on any atom is -0.316 e. The molecule has 1 heteroatoms. The van der Waals surface area contributed by atoms with Gasteiger partial charge in [-0.05, 0) is 43.7 Å². The van der Waals surface area contributed by atoms with Crippen molar-refractivity contribution >= 4 is 0 Å². The standard InChI is InChI=1S/C16H25N/c1-16(12-6-7-13-16)15(17-2)11-10-14-8-4-3-5-9-14/h3-5,8-9,15,17H,6-7,10-13H2,1-2H3. The van der Waals surface area contributed by atoms with Gasteiger partial charge in [0.15, 0.2) is 0 Å². The van der Waals surface area contributed by atoms with Crippen molar-refractivity contribution in [2.75, 3.05) is 7.05 Å². The highest BCUT2D eigenvalue weighted by Gasteiger charge is 2.35. The zero-order valence-corrected chi connectivity index (χ0v) is 11.2. The van der Waals surface area contributed by atoms with Crippen molar-refractivity contribution in [3.8, 4) is 0 Å². The molecule has 0 spiro atoms. The Balaban J connectivity index is 1.92. The first-order valence-electron chi connectivity index (χ1n) is 6.96. The van der Waals surface area contributed by atoms with E-state index < -0.39 is 0 Å². The molecule has 1 unspecified atom stereocenters. The Bertz CT molecular complexity index is 325. The van der Waals surface area contributed by atoms with Crippen LogP contribution in [0.1, 0.15) is 44.6 Å². The van der Waals surface area contributed by atoms with Crippen LogP contribution in [-0.4, -0.2) is 13.1 Å². The summed E-state index contributed by atoms with van der Waals surface area (Å²) in [6, 6.07) is 11.5. The van der Waals surface area contributed by atoms with E-state index in [-0.39, 0.29) is 0 Å². The Hall–Kier alpha value is -0.820. The molecule has 2 rings (SSSR count). The highest BCUT2D eigenvalue weighted by atomic mass is 14.9. The maximum atomic E-state index is 3.55. The van der Waals surface area contributed by atoms with Crippen LogP contribution in [0, 0.1) is 5.41 Å². The number of nitrogens with one attached hydrogen (secondary N) is 1. The van der Waals surface area contributed by atoms with Crippen LogP contribution >= 0.6 is 0 Å². The summed E-state index contributed by atoms with van der Waals surface area (Å²) in [6.07, 6.45) is 8.08. The van der Waals surface area contributed by atoms with E-state index in [0.29, 0.717) is 11.5 Å². The third kappa shape index (κ3) is 3.10. The first-order valence-corrected chi connectivity index (χ1v) is 6.96. The van der Waals surface area contributed by atoms with Gasteiger partial charge < -0.3 is 5.32 Å². The smallest absolute Gasteiger partial charge is 0.0121 e. The van der Waals surface area contributed by atoms with Crippen LogP contribution in [0.25, 0.3) is 0 Å². The van der Waals surface area contributed by atoms with E-state index in [1.54, 1.807) is 0 Å². The molecule has 1 N–H and O–H groups in total. The molecule has 0 amide bonds. The van der Waals surface area contributed by atoms with E-state index in [2.05, 4.69) is 49.6 Å². The molecule has 1 saturated carbocycles. The van der Waals surface area contributed by atoms with E-state index in [9.17, 15) is 0 Å². The van der Waals surface area contributed by atoms with Crippen LogP contribution in [0.4, 0.5) is 0 Å². The van der Waals surface area contributed by atoms with Crippen molar-refractivity contribution in [2.24, 2.45) is 5.41 Å². The molecule has 0 bridgehead atoms. The number of aryl methyl sites for hydroxylation is 1. The molecular formula is C16H25N. The second kappa shape index (κ2) is 5.68. The van der Waals surface area contributed by atoms with Gasteiger partial charge in [-0.25, -0.2) is 0 Å². The van der Waals surface area contributed by atoms with Crippen molar-refractivity contribution in [3.63, 3.8) is 0 Å². The summed E-state index contributed by atoms with van der Waals surface area (Å²) in [7, 11) is 2.12. The fourth-order valence-electron chi connectivity index (χ4n) is 3.33. The summed E-state index contributed by atoms with van der Waals surface area (Å²) >= 11 is 0. The van der Waals surface area contributed by atoms with Crippen molar-refractivity contribution in [1.82, 2.24) is 5.32 Å². The summed E-state index contributed by atoms with van der Waals surface area (Å²) in [6.45, 7) is 2.46. The summed E-state index contributed by atoms with van der Waals surface area (Å²) in [5.41, 5.74) is 2.00. The van der Waals surface area contributed by atoms with E-state index >= 15 is 0 Å². The third-order valence-corrected chi connectivity index (χ3v) is 4.50. The molecule has 1 aromatic rings. The molecular weight excluding hydrogens is 206 g/mol. The highest BCUT2D eigenvalue weighted by Crippen LogP contribution is 2.41. The molecule has 0 radical (unpaired) electrons. The SMILES string of the molecule is CNC(CCc1ccccc1)C1(C)CCCC1. The highest BCUT2D eigenvalue weighted by molar-refractivity contribution is 5.15. The van der Waals surface area contributed by atoms with E-state index in [0.717, 1.165) is 0 Å². The molecule has 17 heavy (non-hydrogen) atoms. The second-order valence-corrected chi connectivity index (χ2v) is 5.73. The lowest BCUT2D eigenvalue weighted by atomic mass is 9.78. The summed E-state index contributed by atoms with van der Waals surface area (Å²) < 4.78 is 0. The van der Waals surface area contributed by atoms with Crippen LogP contribution in [-0.2, 0) is 6.42 Å². The van der Waals surface area contributed by atoms with Gasteiger partial charge in [0.2, 0.25) is 0 Å². The second-order valence-electron chi connectivity index (χ2n) is 5.73. The normalized spacial score (nSPS) is 20.4.